The molecule has 59 heavy (non-hydrogen) atoms. The summed E-state index contributed by atoms with van der Waals surface area (Å²) < 4.78 is 2.39. The fraction of sp³-hybridized carbons (Fsp3) is 0.0175. The van der Waals surface area contributed by atoms with E-state index in [-0.39, 0.29) is 0 Å². The minimum atomic E-state index is -0.431. The van der Waals surface area contributed by atoms with E-state index in [0.29, 0.717) is 0 Å². The van der Waals surface area contributed by atoms with E-state index < -0.39 is 5.41 Å². The lowest BCUT2D eigenvalue weighted by atomic mass is 9.70. The zero-order valence-corrected chi connectivity index (χ0v) is 32.3. The van der Waals surface area contributed by atoms with Gasteiger partial charge in [-0.3, -0.25) is 0 Å². The quantitative estimate of drug-likeness (QED) is 0.154. The molecule has 0 atom stereocenters. The van der Waals surface area contributed by atoms with Gasteiger partial charge in [0.2, 0.25) is 0 Å². The molecular weight excluding hydrogens is 713 g/mol. The highest BCUT2D eigenvalue weighted by Gasteiger charge is 2.51. The molecule has 0 unspecified atom stereocenters. The molecule has 12 rings (SSSR count). The molecule has 0 bridgehead atoms. The van der Waals surface area contributed by atoms with Gasteiger partial charge in [-0.25, -0.2) is 0 Å². The molecule has 276 valence electrons. The van der Waals surface area contributed by atoms with E-state index in [1.165, 1.54) is 71.9 Å². The van der Waals surface area contributed by atoms with Crippen LogP contribution < -0.4 is 4.90 Å². The molecule has 2 nitrogen and oxygen atoms in total. The van der Waals surface area contributed by atoms with E-state index in [1.54, 1.807) is 0 Å². The van der Waals surface area contributed by atoms with Crippen LogP contribution in [0.2, 0.25) is 0 Å². The van der Waals surface area contributed by atoms with Gasteiger partial charge in [-0.05, 0) is 116 Å². The predicted molar refractivity (Wildman–Crippen MR) is 247 cm³/mol. The molecular formula is C57H38N2. The van der Waals surface area contributed by atoms with Gasteiger partial charge in [-0.15, -0.1) is 0 Å². The summed E-state index contributed by atoms with van der Waals surface area (Å²) in [7, 11) is 0. The summed E-state index contributed by atoms with van der Waals surface area (Å²) in [5.74, 6) is 0. The van der Waals surface area contributed by atoms with E-state index in [9.17, 15) is 0 Å². The van der Waals surface area contributed by atoms with Crippen molar-refractivity contribution in [2.45, 2.75) is 5.41 Å². The van der Waals surface area contributed by atoms with Crippen LogP contribution in [0.5, 0.6) is 0 Å². The molecule has 0 amide bonds. The summed E-state index contributed by atoms with van der Waals surface area (Å²) in [6.07, 6.45) is 4.37. The first-order valence-electron chi connectivity index (χ1n) is 20.4. The van der Waals surface area contributed by atoms with Crippen molar-refractivity contribution in [1.29, 1.82) is 0 Å². The Hall–Kier alpha value is -7.68. The summed E-state index contributed by atoms with van der Waals surface area (Å²) in [4.78, 5) is 2.45. The number of anilines is 3. The Balaban J connectivity index is 1.08. The molecule has 1 spiro atoms. The first kappa shape index (κ1) is 33.5. The number of benzene rings is 9. The Morgan fingerprint density at radius 1 is 0.339 bits per heavy atom. The van der Waals surface area contributed by atoms with E-state index >= 15 is 0 Å². The Kier molecular flexibility index (Phi) is 7.48. The molecule has 0 fully saturated rings. The number of aromatic nitrogens is 1. The molecule has 0 saturated carbocycles. The maximum absolute atomic E-state index is 2.48. The third-order valence-electron chi connectivity index (χ3n) is 12.6. The Bertz CT molecular complexity index is 3200. The van der Waals surface area contributed by atoms with Gasteiger partial charge in [-0.1, -0.05) is 170 Å². The lowest BCUT2D eigenvalue weighted by molar-refractivity contribution is 0.793. The molecule has 1 aromatic heterocycles. The molecule has 0 aliphatic heterocycles. The number of hydrogen-bond donors (Lipinski definition) is 0. The molecule has 2 aliphatic rings. The van der Waals surface area contributed by atoms with E-state index in [4.69, 9.17) is 0 Å². The number of rotatable bonds is 6. The summed E-state index contributed by atoms with van der Waals surface area (Å²) in [5, 5.41) is 2.45. The lowest BCUT2D eigenvalue weighted by Gasteiger charge is -2.32. The van der Waals surface area contributed by atoms with Crippen molar-refractivity contribution in [1.82, 2.24) is 4.57 Å². The van der Waals surface area contributed by atoms with Gasteiger partial charge < -0.3 is 9.47 Å². The van der Waals surface area contributed by atoms with Crippen LogP contribution >= 0.6 is 0 Å². The van der Waals surface area contributed by atoms with Gasteiger partial charge >= 0.3 is 0 Å². The van der Waals surface area contributed by atoms with Crippen molar-refractivity contribution in [3.8, 4) is 27.9 Å². The maximum atomic E-state index is 2.48. The zero-order valence-electron chi connectivity index (χ0n) is 32.3. The van der Waals surface area contributed by atoms with Crippen LogP contribution in [-0.4, -0.2) is 4.57 Å². The molecule has 0 saturated heterocycles. The van der Waals surface area contributed by atoms with Crippen LogP contribution in [0, 0.1) is 0 Å². The van der Waals surface area contributed by atoms with E-state index in [0.717, 1.165) is 28.3 Å². The second-order valence-corrected chi connectivity index (χ2v) is 15.7. The fourth-order valence-corrected chi connectivity index (χ4v) is 10.1. The minimum Gasteiger partial charge on any atom is -0.310 e. The first-order valence-corrected chi connectivity index (χ1v) is 20.4. The first-order chi connectivity index (χ1) is 29.3. The van der Waals surface area contributed by atoms with Crippen molar-refractivity contribution in [3.63, 3.8) is 0 Å². The van der Waals surface area contributed by atoms with Crippen LogP contribution in [0.25, 0.3) is 61.9 Å². The summed E-state index contributed by atoms with van der Waals surface area (Å²) in [6, 6.07) is 80.2. The van der Waals surface area contributed by atoms with E-state index in [2.05, 4.69) is 240 Å². The van der Waals surface area contributed by atoms with Crippen molar-refractivity contribution in [3.05, 3.63) is 252 Å². The highest BCUT2D eigenvalue weighted by Crippen LogP contribution is 2.63. The highest BCUT2D eigenvalue weighted by atomic mass is 15.1. The second-order valence-electron chi connectivity index (χ2n) is 15.7. The third-order valence-corrected chi connectivity index (χ3v) is 12.6. The van der Waals surface area contributed by atoms with Gasteiger partial charge in [0, 0.05) is 33.5 Å². The largest absolute Gasteiger partial charge is 0.310 e. The van der Waals surface area contributed by atoms with Crippen LogP contribution in [0.4, 0.5) is 17.1 Å². The Morgan fingerprint density at radius 3 is 1.47 bits per heavy atom. The fourth-order valence-electron chi connectivity index (χ4n) is 10.1. The molecule has 10 aromatic rings. The number of fused-ring (bicyclic) bond motifs is 13. The SMILES string of the molecule is C(=Cc1ccc(N(c2ccc3c(c2)C2(c4ccccc4-c4ccccc42)c2ccccc2-3)c2ccc3c(c2)c2ccccc2n3-c2ccccc2)cc1)c1ccccc1. The molecule has 2 aliphatic carbocycles. The third kappa shape index (κ3) is 5.00. The van der Waals surface area contributed by atoms with Crippen LogP contribution in [0.15, 0.2) is 218 Å². The van der Waals surface area contributed by atoms with Gasteiger partial charge in [0.05, 0.1) is 16.4 Å². The average molecular weight is 751 g/mol. The second kappa shape index (κ2) is 13.2. The van der Waals surface area contributed by atoms with Crippen LogP contribution in [0.3, 0.4) is 0 Å². The lowest BCUT2D eigenvalue weighted by Crippen LogP contribution is -2.26. The van der Waals surface area contributed by atoms with Crippen molar-refractivity contribution in [2.24, 2.45) is 0 Å². The smallest absolute Gasteiger partial charge is 0.0726 e. The van der Waals surface area contributed by atoms with Crippen molar-refractivity contribution in [2.75, 3.05) is 4.90 Å². The maximum Gasteiger partial charge on any atom is 0.0726 e. The minimum absolute atomic E-state index is 0.431. The molecule has 1 heterocycles. The Morgan fingerprint density at radius 2 is 0.814 bits per heavy atom. The number of hydrogen-bond acceptors (Lipinski definition) is 1. The summed E-state index contributed by atoms with van der Waals surface area (Å²) in [5.41, 5.74) is 19.4. The zero-order chi connectivity index (χ0) is 38.9. The molecule has 0 N–H and O–H groups in total. The number of nitrogens with zero attached hydrogens (tertiary/aromatic N) is 2. The molecule has 2 heteroatoms. The normalized spacial score (nSPS) is 13.2. The van der Waals surface area contributed by atoms with E-state index in [1.807, 2.05) is 0 Å². The predicted octanol–water partition coefficient (Wildman–Crippen LogP) is 14.8. The van der Waals surface area contributed by atoms with Gasteiger partial charge in [0.1, 0.15) is 0 Å². The van der Waals surface area contributed by atoms with Crippen LogP contribution in [0.1, 0.15) is 33.4 Å². The summed E-state index contributed by atoms with van der Waals surface area (Å²) >= 11 is 0. The van der Waals surface area contributed by atoms with Crippen LogP contribution in [-0.2, 0) is 5.41 Å². The average Bonchev–Trinajstić information content (AvgIpc) is 3.91. The summed E-state index contributed by atoms with van der Waals surface area (Å²) in [6.45, 7) is 0. The highest BCUT2D eigenvalue weighted by molar-refractivity contribution is 6.11. The van der Waals surface area contributed by atoms with Gasteiger partial charge in [-0.2, -0.15) is 0 Å². The topological polar surface area (TPSA) is 8.17 Å². The molecule has 9 aromatic carbocycles. The number of para-hydroxylation sites is 2. The Labute approximate surface area is 344 Å². The van der Waals surface area contributed by atoms with Crippen molar-refractivity contribution >= 4 is 51.0 Å². The van der Waals surface area contributed by atoms with Gasteiger partial charge in [0.25, 0.3) is 0 Å². The molecule has 0 radical (unpaired) electrons. The van der Waals surface area contributed by atoms with Crippen molar-refractivity contribution < 1.29 is 0 Å². The standard InChI is InChI=1S/C57H38N2/c1-3-15-39(16-4-1)27-28-40-29-31-42(32-30-40)58(43-34-36-56-50(37-43)49-22-10-14-26-55(49)59(56)41-17-5-2-6-18-41)44-33-35-48-47-21-9-13-25-53(47)57(54(48)38-44)51-23-11-7-19-45(51)46-20-8-12-24-52(46)57/h1-38H. The van der Waals surface area contributed by atoms with Gasteiger partial charge in [0.15, 0.2) is 0 Å². The monoisotopic (exact) mass is 750 g/mol.